The third-order valence-electron chi connectivity index (χ3n) is 7.10. The number of aromatic amines is 1. The van der Waals surface area contributed by atoms with Gasteiger partial charge in [-0.15, -0.1) is 0 Å². The lowest BCUT2D eigenvalue weighted by atomic mass is 9.83. The number of amides is 2. The van der Waals surface area contributed by atoms with Crippen LogP contribution in [0.3, 0.4) is 0 Å². The van der Waals surface area contributed by atoms with Crippen LogP contribution in [0.2, 0.25) is 10.0 Å². The van der Waals surface area contributed by atoms with Gasteiger partial charge in [0.15, 0.2) is 11.5 Å². The Morgan fingerprint density at radius 2 is 1.68 bits per heavy atom. The maximum Gasteiger partial charge on any atom is 0.305 e. The molecule has 3 aromatic carbocycles. The number of ether oxygens (including phenoxy) is 3. The first-order valence-electron chi connectivity index (χ1n) is 12.4. The number of thiazole rings is 1. The summed E-state index contributed by atoms with van der Waals surface area (Å²) in [6.07, 6.45) is 0. The van der Waals surface area contributed by atoms with Crippen molar-refractivity contribution in [2.45, 2.75) is 22.8 Å². The first-order valence-corrected chi connectivity index (χ1v) is 14.9. The van der Waals surface area contributed by atoms with Gasteiger partial charge in [-0.05, 0) is 54.1 Å². The summed E-state index contributed by atoms with van der Waals surface area (Å²) in [5, 5.41) is 0.906. The van der Waals surface area contributed by atoms with Crippen molar-refractivity contribution in [3.63, 3.8) is 0 Å². The zero-order valence-electron chi connectivity index (χ0n) is 21.7. The van der Waals surface area contributed by atoms with E-state index in [1.54, 1.807) is 61.7 Å². The summed E-state index contributed by atoms with van der Waals surface area (Å²) >= 11 is 14.6. The number of imide groups is 1. The van der Waals surface area contributed by atoms with Crippen LogP contribution in [0.25, 0.3) is 0 Å². The van der Waals surface area contributed by atoms with Crippen molar-refractivity contribution >= 4 is 63.8 Å². The minimum Gasteiger partial charge on any atom is -0.497 e. The number of carbonyl (C=O) groups excluding carboxylic acids is 2. The number of methoxy groups -OCH3 is 2. The molecule has 2 aliphatic rings. The van der Waals surface area contributed by atoms with E-state index < -0.39 is 17.1 Å². The van der Waals surface area contributed by atoms with Gasteiger partial charge in [-0.2, -0.15) is 0 Å². The zero-order chi connectivity index (χ0) is 28.8. The number of aromatic nitrogens is 1. The highest BCUT2D eigenvalue weighted by Crippen LogP contribution is 2.54. The summed E-state index contributed by atoms with van der Waals surface area (Å²) in [5.74, 6) is -0.400. The molecule has 41 heavy (non-hydrogen) atoms. The number of anilines is 1. The van der Waals surface area contributed by atoms with Crippen LogP contribution in [0, 0.1) is 5.92 Å². The van der Waals surface area contributed by atoms with Gasteiger partial charge in [0, 0.05) is 26.4 Å². The predicted octanol–water partition coefficient (Wildman–Crippen LogP) is 6.14. The van der Waals surface area contributed by atoms with Gasteiger partial charge in [-0.3, -0.25) is 14.4 Å². The number of halogens is 2. The molecule has 1 aromatic heterocycles. The molecule has 3 atom stereocenters. The number of H-pyrrole nitrogens is 1. The molecular formula is C29H22Cl2N2O6S2. The molecule has 1 fully saturated rings. The fraction of sp³-hybridized carbons (Fsp3) is 0.207. The molecule has 8 nitrogen and oxygen atoms in total. The Bertz CT molecular complexity index is 1720. The van der Waals surface area contributed by atoms with E-state index in [1.807, 2.05) is 6.07 Å². The number of fused-ring (bicyclic) bond motifs is 2. The molecule has 0 saturated carbocycles. The highest BCUT2D eigenvalue weighted by molar-refractivity contribution is 8.00. The number of benzene rings is 3. The molecule has 0 aliphatic carbocycles. The summed E-state index contributed by atoms with van der Waals surface area (Å²) in [4.78, 5) is 44.5. The Morgan fingerprint density at radius 1 is 0.902 bits per heavy atom. The van der Waals surface area contributed by atoms with Crippen molar-refractivity contribution in [3.05, 3.63) is 96.4 Å². The van der Waals surface area contributed by atoms with E-state index in [1.165, 1.54) is 23.8 Å². The fourth-order valence-corrected chi connectivity index (χ4v) is 8.13. The molecule has 4 aromatic rings. The van der Waals surface area contributed by atoms with Gasteiger partial charge in [0.1, 0.15) is 17.6 Å². The minimum absolute atomic E-state index is 0.184. The van der Waals surface area contributed by atoms with Crippen LogP contribution in [0.4, 0.5) is 5.69 Å². The number of hydrogen-bond donors (Lipinski definition) is 1. The van der Waals surface area contributed by atoms with Crippen LogP contribution in [-0.2, 0) is 16.2 Å². The van der Waals surface area contributed by atoms with E-state index in [2.05, 4.69) is 4.98 Å². The zero-order valence-corrected chi connectivity index (χ0v) is 24.8. The lowest BCUT2D eigenvalue weighted by Gasteiger charge is -2.30. The normalized spacial score (nSPS) is 19.6. The quantitative estimate of drug-likeness (QED) is 0.246. The van der Waals surface area contributed by atoms with Crippen LogP contribution in [-0.4, -0.2) is 36.3 Å². The van der Waals surface area contributed by atoms with Crippen molar-refractivity contribution in [2.24, 2.45) is 5.92 Å². The highest BCUT2D eigenvalue weighted by Gasteiger charge is 2.56. The Kier molecular flexibility index (Phi) is 7.50. The molecule has 1 N–H and O–H groups in total. The van der Waals surface area contributed by atoms with Gasteiger partial charge in [0.2, 0.25) is 11.8 Å². The minimum atomic E-state index is -0.724. The molecule has 0 radical (unpaired) electrons. The maximum absolute atomic E-state index is 13.9. The lowest BCUT2D eigenvalue weighted by molar-refractivity contribution is -0.122. The van der Waals surface area contributed by atoms with E-state index in [0.717, 1.165) is 22.5 Å². The Hall–Kier alpha value is -3.44. The van der Waals surface area contributed by atoms with Gasteiger partial charge in [-0.25, -0.2) is 4.90 Å². The number of rotatable bonds is 7. The van der Waals surface area contributed by atoms with Crippen molar-refractivity contribution in [3.8, 4) is 17.2 Å². The van der Waals surface area contributed by atoms with Crippen molar-refractivity contribution < 1.29 is 23.8 Å². The summed E-state index contributed by atoms with van der Waals surface area (Å²) in [5.41, 5.74) is 1.95. The Labute approximate surface area is 253 Å². The van der Waals surface area contributed by atoms with Crippen LogP contribution in [0.1, 0.15) is 21.9 Å². The summed E-state index contributed by atoms with van der Waals surface area (Å²) in [6, 6.07) is 17.3. The van der Waals surface area contributed by atoms with E-state index in [0.29, 0.717) is 42.9 Å². The molecule has 2 aliphatic heterocycles. The molecule has 210 valence electrons. The number of thioether (sulfide) groups is 1. The average Bonchev–Trinajstić information content (AvgIpc) is 3.46. The lowest BCUT2D eigenvalue weighted by Crippen LogP contribution is -2.32. The second-order valence-electron chi connectivity index (χ2n) is 9.39. The van der Waals surface area contributed by atoms with Crippen molar-refractivity contribution in [2.75, 3.05) is 19.1 Å². The summed E-state index contributed by atoms with van der Waals surface area (Å²) in [6.45, 7) is 0.184. The second kappa shape index (κ2) is 11.1. The fourth-order valence-electron chi connectivity index (χ4n) is 5.15. The van der Waals surface area contributed by atoms with Crippen molar-refractivity contribution in [1.29, 1.82) is 0 Å². The SMILES string of the molecule is COc1ccc(N2C(=O)C3Sc4[nH]c(=O)sc4[C@H](c4ccc(OCc5ccc(Cl)cc5Cl)c(OC)c4)C3C2=O)cc1. The van der Waals surface area contributed by atoms with E-state index in [-0.39, 0.29) is 23.3 Å². The summed E-state index contributed by atoms with van der Waals surface area (Å²) in [7, 11) is 3.07. The Morgan fingerprint density at radius 3 is 2.39 bits per heavy atom. The highest BCUT2D eigenvalue weighted by atomic mass is 35.5. The maximum atomic E-state index is 13.9. The van der Waals surface area contributed by atoms with Crippen LogP contribution in [0.15, 0.2) is 70.5 Å². The number of nitrogens with zero attached hydrogens (tertiary/aromatic N) is 1. The van der Waals surface area contributed by atoms with Crippen LogP contribution >= 0.6 is 46.3 Å². The standard InChI is InChI=1S/C29H22Cl2N2O6S2/c1-37-18-8-6-17(7-9-18)33-27(34)23-22(24-26(32-29(36)41-24)40-25(23)28(33)35)14-4-10-20(21(11-14)38-2)39-13-15-3-5-16(30)12-19(15)31/h3-12,22-23,25H,13H2,1-2H3,(H,32,36)/t22-,23?,25?/m1/s1. The smallest absolute Gasteiger partial charge is 0.305 e. The monoisotopic (exact) mass is 628 g/mol. The van der Waals surface area contributed by atoms with Gasteiger partial charge in [0.05, 0.1) is 30.9 Å². The first kappa shape index (κ1) is 27.7. The van der Waals surface area contributed by atoms with Gasteiger partial charge < -0.3 is 19.2 Å². The third kappa shape index (κ3) is 4.99. The second-order valence-corrected chi connectivity index (χ2v) is 12.4. The number of nitrogens with one attached hydrogen (secondary N) is 1. The van der Waals surface area contributed by atoms with Crippen LogP contribution in [0.5, 0.6) is 17.2 Å². The van der Waals surface area contributed by atoms with Crippen molar-refractivity contribution in [1.82, 2.24) is 4.98 Å². The Balaban J connectivity index is 1.36. The van der Waals surface area contributed by atoms with Gasteiger partial charge >= 0.3 is 4.87 Å². The predicted molar refractivity (Wildman–Crippen MR) is 159 cm³/mol. The van der Waals surface area contributed by atoms with E-state index in [4.69, 9.17) is 37.4 Å². The first-order chi connectivity index (χ1) is 19.8. The molecule has 0 bridgehead atoms. The topological polar surface area (TPSA) is 97.9 Å². The van der Waals surface area contributed by atoms with E-state index in [9.17, 15) is 14.4 Å². The number of carbonyl (C=O) groups is 2. The third-order valence-corrected chi connectivity index (χ3v) is 10.1. The molecule has 6 rings (SSSR count). The molecule has 12 heteroatoms. The molecule has 0 spiro atoms. The summed E-state index contributed by atoms with van der Waals surface area (Å²) < 4.78 is 16.9. The van der Waals surface area contributed by atoms with Crippen LogP contribution < -0.4 is 24.0 Å². The number of hydrogen-bond acceptors (Lipinski definition) is 8. The van der Waals surface area contributed by atoms with Gasteiger partial charge in [-0.1, -0.05) is 58.4 Å². The molecule has 2 amide bonds. The molecule has 3 heterocycles. The molecular weight excluding hydrogens is 607 g/mol. The largest absolute Gasteiger partial charge is 0.497 e. The van der Waals surface area contributed by atoms with E-state index >= 15 is 0 Å². The average molecular weight is 630 g/mol. The van der Waals surface area contributed by atoms with Gasteiger partial charge in [0.25, 0.3) is 0 Å². The molecule has 1 saturated heterocycles. The molecule has 2 unspecified atom stereocenters.